The molecule has 158 valence electrons. The Hall–Kier alpha value is -3.65. The van der Waals surface area contributed by atoms with E-state index >= 15 is 0 Å². The number of benzene rings is 2. The zero-order chi connectivity index (χ0) is 22.3. The van der Waals surface area contributed by atoms with Gasteiger partial charge in [0.15, 0.2) is 0 Å². The van der Waals surface area contributed by atoms with Gasteiger partial charge in [-0.25, -0.2) is 13.8 Å². The Morgan fingerprint density at radius 3 is 2.48 bits per heavy atom. The number of carbonyl (C=O) groups is 1. The molecule has 0 unspecified atom stereocenters. The fourth-order valence-electron chi connectivity index (χ4n) is 3.47. The zero-order valence-corrected chi connectivity index (χ0v) is 17.5. The normalized spacial score (nSPS) is 11.1. The highest BCUT2D eigenvalue weighted by Crippen LogP contribution is 2.19. The molecule has 7 nitrogen and oxygen atoms in total. The lowest BCUT2D eigenvalue weighted by atomic mass is 10.3. The molecule has 31 heavy (non-hydrogen) atoms. The summed E-state index contributed by atoms with van der Waals surface area (Å²) >= 11 is 5.74. The third kappa shape index (κ3) is 3.66. The Morgan fingerprint density at radius 2 is 1.81 bits per heavy atom. The smallest absolute Gasteiger partial charge is 0.336 e. The minimum atomic E-state index is -0.692. The number of nitrogens with zero attached hydrogens (tertiary/aromatic N) is 3. The fourth-order valence-corrected chi connectivity index (χ4v) is 3.63. The molecule has 1 N–H and O–H groups in total. The summed E-state index contributed by atoms with van der Waals surface area (Å²) in [6.07, 6.45) is 0. The topological polar surface area (TPSA) is 78.0 Å². The van der Waals surface area contributed by atoms with Crippen molar-refractivity contribution >= 4 is 34.2 Å². The molecule has 1 amide bonds. The monoisotopic (exact) mass is 440 g/mol. The first-order valence-corrected chi connectivity index (χ1v) is 9.78. The maximum absolute atomic E-state index is 14.1. The number of fused-ring (bicyclic) bond motifs is 1. The molecule has 4 rings (SSSR count). The Balaban J connectivity index is 1.85. The van der Waals surface area contributed by atoms with Gasteiger partial charge >= 0.3 is 5.69 Å². The van der Waals surface area contributed by atoms with E-state index in [0.29, 0.717) is 11.2 Å². The predicted molar refractivity (Wildman–Crippen MR) is 118 cm³/mol. The molecule has 9 heteroatoms. The number of anilines is 1. The van der Waals surface area contributed by atoms with E-state index in [1.54, 1.807) is 54.9 Å². The van der Waals surface area contributed by atoms with Crippen LogP contribution in [0.25, 0.3) is 16.7 Å². The van der Waals surface area contributed by atoms with Gasteiger partial charge in [0.25, 0.3) is 5.56 Å². The van der Waals surface area contributed by atoms with Crippen molar-refractivity contribution in [3.63, 3.8) is 0 Å². The van der Waals surface area contributed by atoms with Crippen LogP contribution in [-0.2, 0) is 18.4 Å². The molecule has 0 aliphatic rings. The summed E-state index contributed by atoms with van der Waals surface area (Å²) in [7, 11) is 1.71. The maximum atomic E-state index is 14.1. The largest absolute Gasteiger partial charge is 0.342 e. The van der Waals surface area contributed by atoms with Crippen LogP contribution in [0.4, 0.5) is 10.1 Å². The summed E-state index contributed by atoms with van der Waals surface area (Å²) in [4.78, 5) is 39.1. The fraction of sp³-hybridized carbons (Fsp3) is 0.136. The number of hydrogen-bond donors (Lipinski definition) is 1. The Morgan fingerprint density at radius 1 is 1.10 bits per heavy atom. The molecule has 2 aromatic carbocycles. The number of aromatic nitrogens is 3. The summed E-state index contributed by atoms with van der Waals surface area (Å²) in [6, 6.07) is 14.0. The molecule has 0 aliphatic carbocycles. The average molecular weight is 441 g/mol. The molecular weight excluding hydrogens is 423 g/mol. The second-order valence-corrected chi connectivity index (χ2v) is 7.53. The third-order valence-corrected chi connectivity index (χ3v) is 5.33. The van der Waals surface area contributed by atoms with Gasteiger partial charge in [-0.05, 0) is 43.3 Å². The van der Waals surface area contributed by atoms with Crippen molar-refractivity contribution < 1.29 is 9.18 Å². The summed E-state index contributed by atoms with van der Waals surface area (Å²) in [5.41, 5.74) is 0.536. The molecule has 0 bridgehead atoms. The van der Waals surface area contributed by atoms with Crippen molar-refractivity contribution in [1.82, 2.24) is 13.7 Å². The second-order valence-electron chi connectivity index (χ2n) is 7.10. The number of rotatable bonds is 4. The number of para-hydroxylation sites is 1. The van der Waals surface area contributed by atoms with Crippen LogP contribution in [-0.4, -0.2) is 19.6 Å². The van der Waals surface area contributed by atoms with E-state index in [0.717, 1.165) is 16.3 Å². The van der Waals surface area contributed by atoms with Crippen LogP contribution in [0.15, 0.2) is 64.2 Å². The first kappa shape index (κ1) is 20.6. The highest BCUT2D eigenvalue weighted by Gasteiger charge is 2.20. The van der Waals surface area contributed by atoms with Gasteiger partial charge in [0.1, 0.15) is 17.9 Å². The van der Waals surface area contributed by atoms with E-state index in [9.17, 15) is 18.8 Å². The summed E-state index contributed by atoms with van der Waals surface area (Å²) in [6.45, 7) is 1.39. The number of amides is 1. The number of carbonyl (C=O) groups excluding carboxylic acids is 1. The lowest BCUT2D eigenvalue weighted by molar-refractivity contribution is -0.116. The van der Waals surface area contributed by atoms with Gasteiger partial charge in [0, 0.05) is 17.8 Å². The summed E-state index contributed by atoms with van der Waals surface area (Å²) < 4.78 is 18.0. The first-order chi connectivity index (χ1) is 14.8. The van der Waals surface area contributed by atoms with Crippen molar-refractivity contribution in [2.45, 2.75) is 13.5 Å². The predicted octanol–water partition coefficient (Wildman–Crippen LogP) is 3.23. The van der Waals surface area contributed by atoms with Gasteiger partial charge in [-0.15, -0.1) is 0 Å². The molecule has 2 heterocycles. The van der Waals surface area contributed by atoms with Gasteiger partial charge in [0.2, 0.25) is 5.91 Å². The third-order valence-electron chi connectivity index (χ3n) is 5.09. The molecule has 4 aromatic rings. The van der Waals surface area contributed by atoms with Gasteiger partial charge in [-0.1, -0.05) is 29.8 Å². The van der Waals surface area contributed by atoms with Crippen LogP contribution >= 0.6 is 11.6 Å². The molecule has 0 spiro atoms. The lowest BCUT2D eigenvalue weighted by Gasteiger charge is -2.13. The number of aryl methyl sites for hydroxylation is 2. The van der Waals surface area contributed by atoms with Crippen molar-refractivity contribution in [1.29, 1.82) is 0 Å². The van der Waals surface area contributed by atoms with E-state index in [4.69, 9.17) is 11.6 Å². The average Bonchev–Trinajstić information content (AvgIpc) is 3.03. The van der Waals surface area contributed by atoms with Crippen molar-refractivity contribution in [2.24, 2.45) is 7.05 Å². The highest BCUT2D eigenvalue weighted by atomic mass is 35.5. The Labute approximate surface area is 180 Å². The van der Waals surface area contributed by atoms with Crippen molar-refractivity contribution in [3.8, 4) is 5.69 Å². The molecule has 0 saturated carbocycles. The van der Waals surface area contributed by atoms with Gasteiger partial charge in [-0.3, -0.25) is 14.2 Å². The van der Waals surface area contributed by atoms with Gasteiger partial charge < -0.3 is 9.88 Å². The standard InChI is InChI=1S/C22H18ClFN4O3/c1-13-10-18-20(26(13)2)21(30)28(15-6-4-3-5-7-15)22(31)27(18)12-19(29)25-17-9-8-14(23)11-16(17)24/h3-11H,12H2,1-2H3,(H,25,29). The van der Waals surface area contributed by atoms with Crippen LogP contribution in [0.5, 0.6) is 0 Å². The zero-order valence-electron chi connectivity index (χ0n) is 16.7. The number of hydrogen-bond acceptors (Lipinski definition) is 3. The van der Waals surface area contributed by atoms with Crippen LogP contribution in [0.1, 0.15) is 5.69 Å². The minimum Gasteiger partial charge on any atom is -0.342 e. The molecule has 0 radical (unpaired) electrons. The molecular formula is C22H18ClFN4O3. The van der Waals surface area contributed by atoms with E-state index in [2.05, 4.69) is 5.32 Å². The molecule has 0 aliphatic heterocycles. The van der Waals surface area contributed by atoms with Crippen molar-refractivity contribution in [3.05, 3.63) is 92.0 Å². The number of halogens is 2. The molecule has 0 saturated heterocycles. The highest BCUT2D eigenvalue weighted by molar-refractivity contribution is 6.30. The quantitative estimate of drug-likeness (QED) is 0.529. The van der Waals surface area contributed by atoms with Gasteiger partial charge in [-0.2, -0.15) is 0 Å². The minimum absolute atomic E-state index is 0.0562. The van der Waals surface area contributed by atoms with E-state index in [1.165, 1.54) is 16.7 Å². The van der Waals surface area contributed by atoms with Crippen LogP contribution in [0, 0.1) is 12.7 Å². The molecule has 0 fully saturated rings. The van der Waals surface area contributed by atoms with E-state index < -0.39 is 29.5 Å². The lowest BCUT2D eigenvalue weighted by Crippen LogP contribution is -2.41. The molecule has 0 atom stereocenters. The second kappa shape index (κ2) is 7.88. The summed E-state index contributed by atoms with van der Waals surface area (Å²) in [5.74, 6) is -1.31. The van der Waals surface area contributed by atoms with Crippen LogP contribution < -0.4 is 16.6 Å². The maximum Gasteiger partial charge on any atom is 0.336 e. The van der Waals surface area contributed by atoms with E-state index in [1.807, 2.05) is 0 Å². The van der Waals surface area contributed by atoms with Crippen molar-refractivity contribution in [2.75, 3.05) is 5.32 Å². The Bertz CT molecular complexity index is 1440. The number of nitrogens with one attached hydrogen (secondary N) is 1. The first-order valence-electron chi connectivity index (χ1n) is 9.40. The SMILES string of the molecule is Cc1cc2c(c(=O)n(-c3ccccc3)c(=O)n2CC(=O)Nc2ccc(Cl)cc2F)n1C. The van der Waals surface area contributed by atoms with Crippen LogP contribution in [0.3, 0.4) is 0 Å². The molecule has 2 aromatic heterocycles. The van der Waals surface area contributed by atoms with Gasteiger partial charge in [0.05, 0.1) is 16.9 Å². The van der Waals surface area contributed by atoms with Crippen LogP contribution in [0.2, 0.25) is 5.02 Å². The summed E-state index contributed by atoms with van der Waals surface area (Å²) in [5, 5.41) is 2.64. The van der Waals surface area contributed by atoms with E-state index in [-0.39, 0.29) is 16.2 Å². The Kier molecular flexibility index (Phi) is 5.24.